The number of aromatic amines is 1. The van der Waals surface area contributed by atoms with Crippen LogP contribution in [0.2, 0.25) is 0 Å². The van der Waals surface area contributed by atoms with Crippen LogP contribution in [0.3, 0.4) is 0 Å². The number of benzene rings is 2. The van der Waals surface area contributed by atoms with Gasteiger partial charge in [-0.15, -0.1) is 0 Å². The maximum absolute atomic E-state index is 12.2. The van der Waals surface area contributed by atoms with Crippen LogP contribution in [0.15, 0.2) is 53.3 Å². The van der Waals surface area contributed by atoms with Gasteiger partial charge >= 0.3 is 5.69 Å². The molecule has 0 aliphatic carbocycles. The van der Waals surface area contributed by atoms with Crippen molar-refractivity contribution in [3.05, 3.63) is 70.1 Å². The molecule has 0 spiro atoms. The molecule has 1 heterocycles. The molecule has 1 atom stereocenters. The van der Waals surface area contributed by atoms with Crippen molar-refractivity contribution in [2.75, 3.05) is 6.54 Å². The first-order valence-electron chi connectivity index (χ1n) is 8.75. The lowest BCUT2D eigenvalue weighted by atomic mass is 9.99. The zero-order valence-corrected chi connectivity index (χ0v) is 15.0. The smallest absolute Gasteiger partial charge is 0.326 e. The molecular weight excluding hydrogens is 328 g/mol. The minimum absolute atomic E-state index is 0.0398. The van der Waals surface area contributed by atoms with E-state index in [4.69, 9.17) is 5.73 Å². The second kappa shape index (κ2) is 7.58. The highest BCUT2D eigenvalue weighted by Gasteiger charge is 2.12. The second-order valence-electron chi connectivity index (χ2n) is 6.77. The number of nitrogens with zero attached hydrogens (tertiary/aromatic N) is 1. The molecule has 0 fully saturated rings. The number of aromatic nitrogens is 2. The lowest BCUT2D eigenvalue weighted by molar-refractivity contribution is -0.121. The minimum Gasteiger partial charge on any atom is -0.353 e. The topological polar surface area (TPSA) is 92.9 Å². The van der Waals surface area contributed by atoms with Gasteiger partial charge in [-0.25, -0.2) is 4.79 Å². The first-order chi connectivity index (χ1) is 12.5. The van der Waals surface area contributed by atoms with Gasteiger partial charge in [-0.3, -0.25) is 9.36 Å². The Labute approximate surface area is 152 Å². The van der Waals surface area contributed by atoms with Gasteiger partial charge in [0.15, 0.2) is 0 Å². The van der Waals surface area contributed by atoms with Crippen molar-refractivity contribution in [2.45, 2.75) is 32.4 Å². The van der Waals surface area contributed by atoms with E-state index in [1.807, 2.05) is 36.4 Å². The highest BCUT2D eigenvalue weighted by Crippen LogP contribution is 2.17. The Bertz CT molecular complexity index is 954. The molecule has 1 aromatic heterocycles. The van der Waals surface area contributed by atoms with Crippen LogP contribution in [0.25, 0.3) is 11.0 Å². The number of amides is 1. The van der Waals surface area contributed by atoms with E-state index in [2.05, 4.69) is 36.3 Å². The first-order valence-corrected chi connectivity index (χ1v) is 8.75. The molecule has 1 amide bonds. The van der Waals surface area contributed by atoms with Crippen molar-refractivity contribution in [1.29, 1.82) is 0 Å². The highest BCUT2D eigenvalue weighted by molar-refractivity contribution is 5.80. The Hall–Kier alpha value is -2.86. The predicted molar refractivity (Wildman–Crippen MR) is 103 cm³/mol. The van der Waals surface area contributed by atoms with Crippen molar-refractivity contribution in [3.8, 4) is 0 Å². The summed E-state index contributed by atoms with van der Waals surface area (Å²) in [7, 11) is 0. The summed E-state index contributed by atoms with van der Waals surface area (Å²) in [6, 6.07) is 15.1. The van der Waals surface area contributed by atoms with E-state index in [9.17, 15) is 9.59 Å². The molecule has 0 aliphatic heterocycles. The summed E-state index contributed by atoms with van der Waals surface area (Å²) in [5.41, 5.74) is 9.53. The van der Waals surface area contributed by atoms with Gasteiger partial charge in [-0.1, -0.05) is 50.2 Å². The van der Waals surface area contributed by atoms with Crippen LogP contribution < -0.4 is 16.7 Å². The number of nitrogens with two attached hydrogens (primary N) is 1. The van der Waals surface area contributed by atoms with Crippen LogP contribution in [0.5, 0.6) is 0 Å². The lowest BCUT2D eigenvalue weighted by Gasteiger charge is -2.15. The standard InChI is InChI=1S/C20H24N4O2/c1-13(2)14-7-9-15(10-8-14)16(21)11-22-19(25)12-24-18-6-4-3-5-17(18)23-20(24)26/h3-10,13,16H,11-12,21H2,1-2H3,(H,22,25)(H,23,26). The third-order valence-electron chi connectivity index (χ3n) is 4.53. The van der Waals surface area contributed by atoms with Gasteiger partial charge < -0.3 is 16.0 Å². The molecule has 0 saturated heterocycles. The number of H-pyrrole nitrogens is 1. The summed E-state index contributed by atoms with van der Waals surface area (Å²) >= 11 is 0. The molecule has 3 rings (SSSR count). The molecular formula is C20H24N4O2. The maximum atomic E-state index is 12.2. The molecule has 0 aliphatic rings. The molecule has 0 bridgehead atoms. The quantitative estimate of drug-likeness (QED) is 0.635. The molecule has 26 heavy (non-hydrogen) atoms. The van der Waals surface area contributed by atoms with Crippen LogP contribution in [-0.2, 0) is 11.3 Å². The number of hydrogen-bond donors (Lipinski definition) is 3. The van der Waals surface area contributed by atoms with Crippen molar-refractivity contribution in [2.24, 2.45) is 5.73 Å². The number of hydrogen-bond acceptors (Lipinski definition) is 3. The Morgan fingerprint density at radius 2 is 1.77 bits per heavy atom. The van der Waals surface area contributed by atoms with E-state index in [0.29, 0.717) is 23.5 Å². The third kappa shape index (κ3) is 3.86. The van der Waals surface area contributed by atoms with Crippen LogP contribution in [0.4, 0.5) is 0 Å². The average molecular weight is 352 g/mol. The fourth-order valence-electron chi connectivity index (χ4n) is 2.93. The Morgan fingerprint density at radius 3 is 2.46 bits per heavy atom. The van der Waals surface area contributed by atoms with Gasteiger partial charge in [0, 0.05) is 12.6 Å². The fourth-order valence-corrected chi connectivity index (χ4v) is 2.93. The molecule has 136 valence electrons. The Morgan fingerprint density at radius 1 is 1.12 bits per heavy atom. The van der Waals surface area contributed by atoms with Gasteiger partial charge in [0.05, 0.1) is 11.0 Å². The summed E-state index contributed by atoms with van der Waals surface area (Å²) in [6.45, 7) is 4.56. The SMILES string of the molecule is CC(C)c1ccc(C(N)CNC(=O)Cn2c(=O)[nH]c3ccccc32)cc1. The number of para-hydroxylation sites is 2. The monoisotopic (exact) mass is 352 g/mol. The number of carbonyl (C=O) groups is 1. The normalized spacial score (nSPS) is 12.5. The molecule has 6 nitrogen and oxygen atoms in total. The average Bonchev–Trinajstić information content (AvgIpc) is 2.95. The van der Waals surface area contributed by atoms with Crippen LogP contribution in [-0.4, -0.2) is 22.0 Å². The van der Waals surface area contributed by atoms with Crippen molar-refractivity contribution >= 4 is 16.9 Å². The molecule has 3 aromatic rings. The molecule has 1 unspecified atom stereocenters. The van der Waals surface area contributed by atoms with E-state index in [0.717, 1.165) is 5.56 Å². The van der Waals surface area contributed by atoms with Gasteiger partial charge in [-0.05, 0) is 29.2 Å². The molecule has 0 radical (unpaired) electrons. The van der Waals surface area contributed by atoms with Crippen LogP contribution in [0.1, 0.15) is 36.9 Å². The lowest BCUT2D eigenvalue weighted by Crippen LogP contribution is -2.35. The number of fused-ring (bicyclic) bond motifs is 1. The van der Waals surface area contributed by atoms with Crippen molar-refractivity contribution < 1.29 is 4.79 Å². The third-order valence-corrected chi connectivity index (χ3v) is 4.53. The number of imidazole rings is 1. The summed E-state index contributed by atoms with van der Waals surface area (Å²) in [4.78, 5) is 27.0. The zero-order chi connectivity index (χ0) is 18.7. The summed E-state index contributed by atoms with van der Waals surface area (Å²) < 4.78 is 1.42. The molecule has 6 heteroatoms. The van der Waals surface area contributed by atoms with Gasteiger partial charge in [0.2, 0.25) is 5.91 Å². The summed E-state index contributed by atoms with van der Waals surface area (Å²) in [5, 5.41) is 2.81. The first kappa shape index (κ1) is 17.9. The van der Waals surface area contributed by atoms with Crippen LogP contribution in [0, 0.1) is 0 Å². The zero-order valence-electron chi connectivity index (χ0n) is 15.0. The maximum Gasteiger partial charge on any atom is 0.326 e. The van der Waals surface area contributed by atoms with Gasteiger partial charge in [-0.2, -0.15) is 0 Å². The van der Waals surface area contributed by atoms with Crippen molar-refractivity contribution in [3.63, 3.8) is 0 Å². The largest absolute Gasteiger partial charge is 0.353 e. The van der Waals surface area contributed by atoms with E-state index in [1.165, 1.54) is 10.1 Å². The van der Waals surface area contributed by atoms with Gasteiger partial charge in [0.1, 0.15) is 6.54 Å². The van der Waals surface area contributed by atoms with Gasteiger partial charge in [0.25, 0.3) is 0 Å². The Balaban J connectivity index is 1.61. The second-order valence-corrected chi connectivity index (χ2v) is 6.77. The molecule has 4 N–H and O–H groups in total. The summed E-state index contributed by atoms with van der Waals surface area (Å²) in [5.74, 6) is 0.223. The Kier molecular flexibility index (Phi) is 5.23. The predicted octanol–water partition coefficient (Wildman–Crippen LogP) is 2.27. The van der Waals surface area contributed by atoms with Crippen molar-refractivity contribution in [1.82, 2.24) is 14.9 Å². The highest BCUT2D eigenvalue weighted by atomic mass is 16.2. The van der Waals surface area contributed by atoms with E-state index in [1.54, 1.807) is 0 Å². The van der Waals surface area contributed by atoms with E-state index in [-0.39, 0.29) is 24.2 Å². The van der Waals surface area contributed by atoms with E-state index < -0.39 is 0 Å². The summed E-state index contributed by atoms with van der Waals surface area (Å²) in [6.07, 6.45) is 0. The number of rotatable bonds is 6. The molecule has 2 aromatic carbocycles. The fraction of sp³-hybridized carbons (Fsp3) is 0.300. The van der Waals surface area contributed by atoms with E-state index >= 15 is 0 Å². The number of carbonyl (C=O) groups excluding carboxylic acids is 1. The molecule has 0 saturated carbocycles. The number of nitrogens with one attached hydrogen (secondary N) is 2. The van der Waals surface area contributed by atoms with Crippen LogP contribution >= 0.6 is 0 Å². The minimum atomic E-state index is -0.296.